The average Bonchev–Trinajstić information content (AvgIpc) is 3.35. The Hall–Kier alpha value is -3.47. The molecule has 0 heterocycles. The number of aryl methyl sites for hydroxylation is 2. The first kappa shape index (κ1) is 25.6. The van der Waals surface area contributed by atoms with Crippen LogP contribution in [0, 0.1) is 19.7 Å². The van der Waals surface area contributed by atoms with Crippen molar-refractivity contribution in [3.63, 3.8) is 0 Å². The molecule has 4 nitrogen and oxygen atoms in total. The van der Waals surface area contributed by atoms with Crippen molar-refractivity contribution >= 4 is 11.8 Å². The van der Waals surface area contributed by atoms with Crippen LogP contribution >= 0.6 is 0 Å². The van der Waals surface area contributed by atoms with Gasteiger partial charge < -0.3 is 10.2 Å². The second kappa shape index (κ2) is 12.0. The lowest BCUT2D eigenvalue weighted by molar-refractivity contribution is -0.141. The van der Waals surface area contributed by atoms with Crippen LogP contribution in [0.25, 0.3) is 0 Å². The molecule has 5 heteroatoms. The first-order valence-corrected chi connectivity index (χ1v) is 12.8. The number of nitrogens with one attached hydrogen (secondary N) is 1. The Morgan fingerprint density at radius 1 is 0.889 bits per heavy atom. The molecule has 3 aromatic carbocycles. The van der Waals surface area contributed by atoms with Gasteiger partial charge in [0.2, 0.25) is 11.8 Å². The van der Waals surface area contributed by atoms with E-state index >= 15 is 0 Å². The minimum absolute atomic E-state index is 0.119. The Kier molecular flexibility index (Phi) is 8.52. The number of amides is 2. The number of nitrogens with zero attached hydrogens (tertiary/aromatic N) is 1. The molecule has 36 heavy (non-hydrogen) atoms. The quantitative estimate of drug-likeness (QED) is 0.423. The van der Waals surface area contributed by atoms with E-state index in [-0.39, 0.29) is 36.6 Å². The zero-order valence-corrected chi connectivity index (χ0v) is 21.2. The predicted octanol–water partition coefficient (Wildman–Crippen LogP) is 5.68. The van der Waals surface area contributed by atoms with Gasteiger partial charge >= 0.3 is 0 Å². The Labute approximate surface area is 213 Å². The van der Waals surface area contributed by atoms with Crippen LogP contribution in [0.15, 0.2) is 72.8 Å². The van der Waals surface area contributed by atoms with Crippen LogP contribution in [-0.4, -0.2) is 28.8 Å². The lowest BCUT2D eigenvalue weighted by atomic mass is 10.00. The van der Waals surface area contributed by atoms with Crippen molar-refractivity contribution in [1.82, 2.24) is 10.2 Å². The normalized spacial score (nSPS) is 14.4. The van der Waals surface area contributed by atoms with Crippen molar-refractivity contribution in [2.75, 3.05) is 0 Å². The summed E-state index contributed by atoms with van der Waals surface area (Å²) >= 11 is 0. The molecule has 1 fully saturated rings. The molecule has 1 saturated carbocycles. The van der Waals surface area contributed by atoms with Gasteiger partial charge in [0.15, 0.2) is 0 Å². The molecule has 1 N–H and O–H groups in total. The molecule has 188 valence electrons. The summed E-state index contributed by atoms with van der Waals surface area (Å²) in [7, 11) is 0. The van der Waals surface area contributed by atoms with Crippen molar-refractivity contribution in [2.45, 2.75) is 71.0 Å². The number of benzene rings is 3. The van der Waals surface area contributed by atoms with E-state index in [2.05, 4.69) is 11.4 Å². The predicted molar refractivity (Wildman–Crippen MR) is 141 cm³/mol. The van der Waals surface area contributed by atoms with E-state index in [4.69, 9.17) is 0 Å². The maximum absolute atomic E-state index is 13.9. The van der Waals surface area contributed by atoms with Crippen molar-refractivity contribution < 1.29 is 14.0 Å². The maximum Gasteiger partial charge on any atom is 0.243 e. The van der Waals surface area contributed by atoms with Gasteiger partial charge in [-0.2, -0.15) is 0 Å². The van der Waals surface area contributed by atoms with E-state index in [1.165, 1.54) is 12.1 Å². The molecule has 1 atom stereocenters. The summed E-state index contributed by atoms with van der Waals surface area (Å²) in [6.07, 6.45) is 4.78. The van der Waals surface area contributed by atoms with E-state index in [9.17, 15) is 14.0 Å². The zero-order valence-electron chi connectivity index (χ0n) is 21.2. The third kappa shape index (κ3) is 7.03. The van der Waals surface area contributed by atoms with Crippen molar-refractivity contribution in [3.8, 4) is 0 Å². The lowest BCUT2D eigenvalue weighted by Gasteiger charge is -2.32. The molecular formula is C31H35FN2O2. The second-order valence-electron chi connectivity index (χ2n) is 10.0. The molecule has 0 radical (unpaired) electrons. The standard InChI is InChI=1S/C31H35FN2O2/c1-22-16-23(2)18-26(17-22)20-30(35)34(21-25-12-14-27(32)15-13-25)29(19-24-8-4-3-5-9-24)31(36)33-28-10-6-7-11-28/h3-5,8-9,12-18,28-29H,6-7,10-11,19-21H2,1-2H3,(H,33,36)/t29-/m0/s1. The molecule has 0 saturated heterocycles. The van der Waals surface area contributed by atoms with Crippen molar-refractivity contribution in [1.29, 1.82) is 0 Å². The number of carbonyl (C=O) groups excluding carboxylic acids is 2. The molecule has 0 bridgehead atoms. The average molecular weight is 487 g/mol. The fraction of sp³-hybridized carbons (Fsp3) is 0.355. The largest absolute Gasteiger partial charge is 0.352 e. The highest BCUT2D eigenvalue weighted by Gasteiger charge is 2.32. The summed E-state index contributed by atoms with van der Waals surface area (Å²) in [5.41, 5.74) is 4.91. The van der Waals surface area contributed by atoms with E-state index in [0.29, 0.717) is 6.42 Å². The van der Waals surface area contributed by atoms with Crippen molar-refractivity contribution in [3.05, 3.63) is 106 Å². The van der Waals surface area contributed by atoms with Gasteiger partial charge in [0.05, 0.1) is 6.42 Å². The number of rotatable bonds is 9. The van der Waals surface area contributed by atoms with Gasteiger partial charge in [0.25, 0.3) is 0 Å². The molecule has 3 aromatic rings. The van der Waals surface area contributed by atoms with E-state index in [1.807, 2.05) is 56.3 Å². The van der Waals surface area contributed by atoms with Gasteiger partial charge in [-0.3, -0.25) is 9.59 Å². The fourth-order valence-electron chi connectivity index (χ4n) is 5.16. The minimum atomic E-state index is -0.670. The molecule has 0 spiro atoms. The van der Waals surface area contributed by atoms with E-state index in [0.717, 1.165) is 53.5 Å². The van der Waals surface area contributed by atoms with Gasteiger partial charge in [0.1, 0.15) is 11.9 Å². The Bertz CT molecular complexity index is 1150. The summed E-state index contributed by atoms with van der Waals surface area (Å²) in [5, 5.41) is 3.22. The van der Waals surface area contributed by atoms with Crippen LogP contribution in [0.4, 0.5) is 4.39 Å². The lowest BCUT2D eigenvalue weighted by Crippen LogP contribution is -2.52. The topological polar surface area (TPSA) is 49.4 Å². The summed E-state index contributed by atoms with van der Waals surface area (Å²) in [6.45, 7) is 4.27. The first-order chi connectivity index (χ1) is 17.4. The number of hydrogen-bond donors (Lipinski definition) is 1. The van der Waals surface area contributed by atoms with E-state index < -0.39 is 6.04 Å². The SMILES string of the molecule is Cc1cc(C)cc(CC(=O)N(Cc2ccc(F)cc2)[C@@H](Cc2ccccc2)C(=O)NC2CCCC2)c1. The molecule has 0 aromatic heterocycles. The Morgan fingerprint density at radius 2 is 1.53 bits per heavy atom. The second-order valence-corrected chi connectivity index (χ2v) is 10.0. The van der Waals surface area contributed by atoms with Crippen LogP contribution in [-0.2, 0) is 29.0 Å². The molecule has 1 aliphatic carbocycles. The van der Waals surface area contributed by atoms with Gasteiger partial charge in [-0.1, -0.05) is 84.6 Å². The fourth-order valence-corrected chi connectivity index (χ4v) is 5.16. The summed E-state index contributed by atoms with van der Waals surface area (Å²) in [6, 6.07) is 21.6. The molecule has 1 aliphatic rings. The zero-order chi connectivity index (χ0) is 25.5. The highest BCUT2D eigenvalue weighted by molar-refractivity contribution is 5.89. The third-order valence-electron chi connectivity index (χ3n) is 6.88. The smallest absolute Gasteiger partial charge is 0.243 e. The first-order valence-electron chi connectivity index (χ1n) is 12.8. The van der Waals surface area contributed by atoms with Gasteiger partial charge in [-0.15, -0.1) is 0 Å². The monoisotopic (exact) mass is 486 g/mol. The highest BCUT2D eigenvalue weighted by Crippen LogP contribution is 2.21. The van der Waals surface area contributed by atoms with Crippen LogP contribution in [0.5, 0.6) is 0 Å². The van der Waals surface area contributed by atoms with Gasteiger partial charge in [0, 0.05) is 19.0 Å². The van der Waals surface area contributed by atoms with Crippen LogP contribution in [0.1, 0.15) is 53.5 Å². The number of hydrogen-bond acceptors (Lipinski definition) is 2. The molecule has 0 aliphatic heterocycles. The van der Waals surface area contributed by atoms with Crippen LogP contribution in [0.3, 0.4) is 0 Å². The summed E-state index contributed by atoms with van der Waals surface area (Å²) in [5.74, 6) is -0.569. The van der Waals surface area contributed by atoms with Crippen molar-refractivity contribution in [2.24, 2.45) is 0 Å². The molecule has 0 unspecified atom stereocenters. The minimum Gasteiger partial charge on any atom is -0.352 e. The van der Waals surface area contributed by atoms with Gasteiger partial charge in [-0.25, -0.2) is 4.39 Å². The Morgan fingerprint density at radius 3 is 2.17 bits per heavy atom. The number of halogens is 1. The van der Waals surface area contributed by atoms with Gasteiger partial charge in [-0.05, 0) is 55.5 Å². The highest BCUT2D eigenvalue weighted by atomic mass is 19.1. The molecule has 4 rings (SSSR count). The maximum atomic E-state index is 13.9. The third-order valence-corrected chi connectivity index (χ3v) is 6.88. The summed E-state index contributed by atoms with van der Waals surface area (Å²) < 4.78 is 13.6. The van der Waals surface area contributed by atoms with Crippen LogP contribution in [0.2, 0.25) is 0 Å². The molecule has 2 amide bonds. The Balaban J connectivity index is 1.66. The van der Waals surface area contributed by atoms with E-state index in [1.54, 1.807) is 17.0 Å². The molecular weight excluding hydrogens is 451 g/mol. The summed E-state index contributed by atoms with van der Waals surface area (Å²) in [4.78, 5) is 29.2. The van der Waals surface area contributed by atoms with Crippen LogP contribution < -0.4 is 5.32 Å². The number of carbonyl (C=O) groups is 2.